The standard InChI is InChI=1S/C21H20F2N2OS/c1-13(2)16-5-7-17(8-6-16)26-20-10-14(3)24-21(25-20)27-12-15-4-9-18(22)19(23)11-15/h4-11,13H,12H2,1-3H3. The molecule has 0 fully saturated rings. The van der Waals surface area contributed by atoms with Gasteiger partial charge in [0.25, 0.3) is 0 Å². The predicted molar refractivity (Wildman–Crippen MR) is 103 cm³/mol. The molecule has 0 saturated heterocycles. The lowest BCUT2D eigenvalue weighted by Gasteiger charge is -2.09. The first-order chi connectivity index (χ1) is 12.9. The summed E-state index contributed by atoms with van der Waals surface area (Å²) in [5, 5.41) is 0.522. The van der Waals surface area contributed by atoms with Gasteiger partial charge in [0, 0.05) is 17.5 Å². The Morgan fingerprint density at radius 1 is 0.963 bits per heavy atom. The van der Waals surface area contributed by atoms with Crippen LogP contribution in [0.3, 0.4) is 0 Å². The molecule has 27 heavy (non-hydrogen) atoms. The lowest BCUT2D eigenvalue weighted by Crippen LogP contribution is -1.96. The second kappa shape index (κ2) is 8.48. The molecule has 3 rings (SSSR count). The van der Waals surface area contributed by atoms with Gasteiger partial charge in [-0.3, -0.25) is 0 Å². The molecule has 0 radical (unpaired) electrons. The largest absolute Gasteiger partial charge is 0.439 e. The Bertz CT molecular complexity index is 930. The number of benzene rings is 2. The van der Waals surface area contributed by atoms with Crippen molar-refractivity contribution in [2.24, 2.45) is 0 Å². The van der Waals surface area contributed by atoms with Crippen molar-refractivity contribution in [3.63, 3.8) is 0 Å². The molecule has 0 aliphatic rings. The highest BCUT2D eigenvalue weighted by atomic mass is 32.2. The highest BCUT2D eigenvalue weighted by Gasteiger charge is 2.08. The van der Waals surface area contributed by atoms with Crippen molar-refractivity contribution in [3.8, 4) is 11.6 Å². The minimum absolute atomic E-state index is 0.434. The van der Waals surface area contributed by atoms with Crippen LogP contribution in [0.4, 0.5) is 8.78 Å². The van der Waals surface area contributed by atoms with Gasteiger partial charge in [0.15, 0.2) is 16.8 Å². The third-order valence-corrected chi connectivity index (χ3v) is 4.85. The summed E-state index contributed by atoms with van der Waals surface area (Å²) in [5.41, 5.74) is 2.67. The van der Waals surface area contributed by atoms with Gasteiger partial charge in [-0.2, -0.15) is 4.98 Å². The van der Waals surface area contributed by atoms with Gasteiger partial charge in [0.2, 0.25) is 5.88 Å². The van der Waals surface area contributed by atoms with Gasteiger partial charge in [-0.15, -0.1) is 0 Å². The highest BCUT2D eigenvalue weighted by molar-refractivity contribution is 7.98. The number of thioether (sulfide) groups is 1. The van der Waals surface area contributed by atoms with E-state index < -0.39 is 11.6 Å². The lowest BCUT2D eigenvalue weighted by atomic mass is 10.0. The van der Waals surface area contributed by atoms with Crippen molar-refractivity contribution in [2.75, 3.05) is 0 Å². The van der Waals surface area contributed by atoms with Crippen LogP contribution in [0.25, 0.3) is 0 Å². The van der Waals surface area contributed by atoms with Crippen LogP contribution in [0.1, 0.15) is 36.6 Å². The van der Waals surface area contributed by atoms with E-state index in [9.17, 15) is 8.78 Å². The molecule has 0 amide bonds. The molecule has 0 aliphatic heterocycles. The molecule has 1 aromatic heterocycles. The molecule has 0 bridgehead atoms. The second-order valence-corrected chi connectivity index (χ2v) is 7.44. The molecular formula is C21H20F2N2OS. The fourth-order valence-corrected chi connectivity index (χ4v) is 3.29. The van der Waals surface area contributed by atoms with Crippen molar-refractivity contribution in [3.05, 3.63) is 77.0 Å². The number of aromatic nitrogens is 2. The van der Waals surface area contributed by atoms with E-state index in [0.29, 0.717) is 34.0 Å². The SMILES string of the molecule is Cc1cc(Oc2ccc(C(C)C)cc2)nc(SCc2ccc(F)c(F)c2)n1. The zero-order chi connectivity index (χ0) is 19.4. The first-order valence-corrected chi connectivity index (χ1v) is 9.59. The molecule has 0 spiro atoms. The summed E-state index contributed by atoms with van der Waals surface area (Å²) in [6, 6.07) is 13.5. The van der Waals surface area contributed by atoms with Crippen LogP contribution in [-0.2, 0) is 5.75 Å². The van der Waals surface area contributed by atoms with E-state index in [4.69, 9.17) is 4.74 Å². The Morgan fingerprint density at radius 2 is 1.70 bits per heavy atom. The van der Waals surface area contributed by atoms with Crippen LogP contribution < -0.4 is 4.74 Å². The average Bonchev–Trinajstić information content (AvgIpc) is 2.63. The van der Waals surface area contributed by atoms with Crippen molar-refractivity contribution in [1.82, 2.24) is 9.97 Å². The molecule has 0 aliphatic carbocycles. The molecule has 6 heteroatoms. The zero-order valence-corrected chi connectivity index (χ0v) is 16.2. The molecule has 0 N–H and O–H groups in total. The molecule has 140 valence electrons. The molecule has 3 nitrogen and oxygen atoms in total. The summed E-state index contributed by atoms with van der Waals surface area (Å²) in [7, 11) is 0. The van der Waals surface area contributed by atoms with Crippen LogP contribution in [0.15, 0.2) is 53.7 Å². The fraction of sp³-hybridized carbons (Fsp3) is 0.238. The summed E-state index contributed by atoms with van der Waals surface area (Å²) < 4.78 is 32.2. The molecule has 0 atom stereocenters. The fourth-order valence-electron chi connectivity index (χ4n) is 2.45. The second-order valence-electron chi connectivity index (χ2n) is 6.49. The van der Waals surface area contributed by atoms with Gasteiger partial charge >= 0.3 is 0 Å². The molecule has 3 aromatic rings. The van der Waals surface area contributed by atoms with Gasteiger partial charge in [0.05, 0.1) is 0 Å². The third kappa shape index (κ3) is 5.26. The van der Waals surface area contributed by atoms with Crippen molar-refractivity contribution < 1.29 is 13.5 Å². The molecule has 0 unspecified atom stereocenters. The van der Waals surface area contributed by atoms with Crippen LogP contribution in [-0.4, -0.2) is 9.97 Å². The van der Waals surface area contributed by atoms with Crippen molar-refractivity contribution in [1.29, 1.82) is 0 Å². The number of aryl methyl sites for hydroxylation is 1. The summed E-state index contributed by atoms with van der Waals surface area (Å²) in [4.78, 5) is 8.78. The first kappa shape index (κ1) is 19.3. The van der Waals surface area contributed by atoms with Crippen LogP contribution in [0.5, 0.6) is 11.6 Å². The molecule has 2 aromatic carbocycles. The van der Waals surface area contributed by atoms with Gasteiger partial charge in [0.1, 0.15) is 5.75 Å². The smallest absolute Gasteiger partial charge is 0.223 e. The maximum Gasteiger partial charge on any atom is 0.223 e. The Kier molecular flexibility index (Phi) is 6.06. The van der Waals surface area contributed by atoms with E-state index in [1.54, 1.807) is 12.1 Å². The normalized spacial score (nSPS) is 11.0. The predicted octanol–water partition coefficient (Wildman–Crippen LogP) is 6.27. The molecule has 1 heterocycles. The van der Waals surface area contributed by atoms with E-state index in [2.05, 4.69) is 23.8 Å². The number of halogens is 2. The van der Waals surface area contributed by atoms with Crippen LogP contribution in [0, 0.1) is 18.6 Å². The van der Waals surface area contributed by atoms with E-state index >= 15 is 0 Å². The lowest BCUT2D eigenvalue weighted by molar-refractivity contribution is 0.454. The summed E-state index contributed by atoms with van der Waals surface area (Å²) in [6.45, 7) is 6.14. The number of ether oxygens (including phenoxy) is 1. The van der Waals surface area contributed by atoms with E-state index in [-0.39, 0.29) is 0 Å². The topological polar surface area (TPSA) is 35.0 Å². The maximum absolute atomic E-state index is 13.3. The third-order valence-electron chi connectivity index (χ3n) is 3.93. The highest BCUT2D eigenvalue weighted by Crippen LogP contribution is 2.26. The Hall–Kier alpha value is -2.47. The minimum Gasteiger partial charge on any atom is -0.439 e. The van der Waals surface area contributed by atoms with E-state index in [1.807, 2.05) is 31.2 Å². The maximum atomic E-state index is 13.3. The monoisotopic (exact) mass is 386 g/mol. The molecular weight excluding hydrogens is 366 g/mol. The van der Waals surface area contributed by atoms with Crippen molar-refractivity contribution >= 4 is 11.8 Å². The molecule has 0 saturated carbocycles. The number of hydrogen-bond acceptors (Lipinski definition) is 4. The Labute approximate surface area is 161 Å². The number of hydrogen-bond donors (Lipinski definition) is 0. The summed E-state index contributed by atoms with van der Waals surface area (Å²) >= 11 is 1.34. The Balaban J connectivity index is 1.70. The van der Waals surface area contributed by atoms with Gasteiger partial charge in [-0.1, -0.05) is 43.8 Å². The quantitative estimate of drug-likeness (QED) is 0.369. The van der Waals surface area contributed by atoms with E-state index in [1.165, 1.54) is 23.4 Å². The van der Waals surface area contributed by atoms with Gasteiger partial charge < -0.3 is 4.74 Å². The number of rotatable bonds is 6. The average molecular weight is 386 g/mol. The minimum atomic E-state index is -0.855. The zero-order valence-electron chi connectivity index (χ0n) is 15.4. The van der Waals surface area contributed by atoms with Crippen molar-refractivity contribution in [2.45, 2.75) is 37.6 Å². The van der Waals surface area contributed by atoms with Crippen LogP contribution in [0.2, 0.25) is 0 Å². The number of nitrogens with zero attached hydrogens (tertiary/aromatic N) is 2. The van der Waals surface area contributed by atoms with E-state index in [0.717, 1.165) is 11.8 Å². The van der Waals surface area contributed by atoms with Gasteiger partial charge in [-0.05, 0) is 48.2 Å². The van der Waals surface area contributed by atoms with Crippen LogP contribution >= 0.6 is 11.8 Å². The summed E-state index contributed by atoms with van der Waals surface area (Å²) in [6.07, 6.45) is 0. The summed E-state index contributed by atoms with van der Waals surface area (Å²) in [5.74, 6) is 0.339. The first-order valence-electron chi connectivity index (χ1n) is 8.61. The van der Waals surface area contributed by atoms with Gasteiger partial charge in [-0.25, -0.2) is 13.8 Å². The Morgan fingerprint density at radius 3 is 2.37 bits per heavy atom.